The van der Waals surface area contributed by atoms with E-state index in [0.29, 0.717) is 11.4 Å². The summed E-state index contributed by atoms with van der Waals surface area (Å²) in [6, 6.07) is 14.6. The molecule has 0 spiro atoms. The fourth-order valence-corrected chi connectivity index (χ4v) is 3.59. The van der Waals surface area contributed by atoms with Gasteiger partial charge in [0.25, 0.3) is 11.8 Å². The van der Waals surface area contributed by atoms with Crippen LogP contribution >= 0.6 is 0 Å². The number of aliphatic imine (C=N–C) groups is 1. The number of nitrogens with one attached hydrogen (secondary N) is 3. The molecular weight excluding hydrogens is 408 g/mol. The number of carbonyl (C=O) groups is 3. The molecule has 9 nitrogen and oxygen atoms in total. The van der Waals surface area contributed by atoms with Crippen molar-refractivity contribution in [3.8, 4) is 0 Å². The van der Waals surface area contributed by atoms with Crippen LogP contribution in [0.5, 0.6) is 0 Å². The Labute approximate surface area is 186 Å². The minimum Gasteiger partial charge on any atom is -0.345 e. The Kier molecular flexibility index (Phi) is 6.34. The van der Waals surface area contributed by atoms with Crippen molar-refractivity contribution in [3.63, 3.8) is 0 Å². The lowest BCUT2D eigenvalue weighted by Crippen LogP contribution is -2.55. The van der Waals surface area contributed by atoms with Gasteiger partial charge in [-0.05, 0) is 49.6 Å². The Bertz CT molecular complexity index is 1040. The van der Waals surface area contributed by atoms with Gasteiger partial charge in [-0.25, -0.2) is 9.80 Å². The monoisotopic (exact) mass is 434 g/mol. The number of urea groups is 1. The lowest BCUT2D eigenvalue weighted by molar-refractivity contribution is -0.118. The lowest BCUT2D eigenvalue weighted by atomic mass is 10.2. The van der Waals surface area contributed by atoms with E-state index in [2.05, 4.69) is 21.1 Å². The van der Waals surface area contributed by atoms with Crippen LogP contribution in [0.1, 0.15) is 24.0 Å². The minimum absolute atomic E-state index is 0.0728. The Morgan fingerprint density at radius 1 is 1.09 bits per heavy atom. The molecule has 1 fully saturated rings. The van der Waals surface area contributed by atoms with Gasteiger partial charge in [-0.1, -0.05) is 29.8 Å². The van der Waals surface area contributed by atoms with E-state index in [-0.39, 0.29) is 30.9 Å². The Balaban J connectivity index is 1.34. The van der Waals surface area contributed by atoms with Gasteiger partial charge in [0.05, 0.1) is 5.69 Å². The molecule has 9 heteroatoms. The molecule has 2 aliphatic rings. The van der Waals surface area contributed by atoms with Crippen molar-refractivity contribution in [1.82, 2.24) is 15.6 Å². The van der Waals surface area contributed by atoms with Gasteiger partial charge in [0, 0.05) is 25.3 Å². The first-order chi connectivity index (χ1) is 15.5. The van der Waals surface area contributed by atoms with Crippen molar-refractivity contribution < 1.29 is 14.4 Å². The molecule has 0 atom stereocenters. The number of hydrogen-bond acceptors (Lipinski definition) is 5. The van der Waals surface area contributed by atoms with Crippen molar-refractivity contribution in [2.45, 2.75) is 26.3 Å². The first-order valence-electron chi connectivity index (χ1n) is 10.6. The minimum atomic E-state index is -0.416. The molecule has 2 aromatic carbocycles. The maximum Gasteiger partial charge on any atom is 0.321 e. The molecule has 0 aliphatic carbocycles. The first-order valence-corrected chi connectivity index (χ1v) is 10.6. The molecule has 2 aromatic rings. The number of nitrogens with zero attached hydrogens (tertiary/aromatic N) is 3. The zero-order chi connectivity index (χ0) is 22.5. The summed E-state index contributed by atoms with van der Waals surface area (Å²) >= 11 is 0. The van der Waals surface area contributed by atoms with E-state index >= 15 is 0 Å². The van der Waals surface area contributed by atoms with E-state index in [9.17, 15) is 14.4 Å². The predicted octanol–water partition coefficient (Wildman–Crippen LogP) is 2.19. The van der Waals surface area contributed by atoms with Gasteiger partial charge in [-0.3, -0.25) is 20.0 Å². The van der Waals surface area contributed by atoms with Gasteiger partial charge >= 0.3 is 6.03 Å². The highest BCUT2D eigenvalue weighted by molar-refractivity contribution is 6.39. The zero-order valence-corrected chi connectivity index (χ0v) is 17.9. The molecule has 32 heavy (non-hydrogen) atoms. The highest BCUT2D eigenvalue weighted by atomic mass is 16.2. The van der Waals surface area contributed by atoms with Crippen LogP contribution in [0.4, 0.5) is 16.2 Å². The van der Waals surface area contributed by atoms with Gasteiger partial charge in [0.2, 0.25) is 5.84 Å². The predicted molar refractivity (Wildman–Crippen MR) is 122 cm³/mol. The van der Waals surface area contributed by atoms with E-state index < -0.39 is 5.91 Å². The number of amides is 4. The van der Waals surface area contributed by atoms with Crippen molar-refractivity contribution in [1.29, 1.82) is 0 Å². The van der Waals surface area contributed by atoms with Crippen LogP contribution in [-0.2, 0) is 16.1 Å². The third-order valence-electron chi connectivity index (χ3n) is 5.37. The molecule has 1 saturated heterocycles. The SMILES string of the molecule is Cc1ccc(N2NC(C(=O)NCc3cccc(NC(=O)N4CCCC4)c3)=NCC2=O)cc1. The Morgan fingerprint density at radius 3 is 2.59 bits per heavy atom. The van der Waals surface area contributed by atoms with Crippen LogP contribution in [0, 0.1) is 6.92 Å². The summed E-state index contributed by atoms with van der Waals surface area (Å²) in [7, 11) is 0. The number of benzene rings is 2. The van der Waals surface area contributed by atoms with Gasteiger partial charge in [-0.15, -0.1) is 0 Å². The van der Waals surface area contributed by atoms with Gasteiger partial charge in [-0.2, -0.15) is 0 Å². The molecular formula is C23H26N6O3. The van der Waals surface area contributed by atoms with Crippen LogP contribution in [0.25, 0.3) is 0 Å². The van der Waals surface area contributed by atoms with Crippen molar-refractivity contribution in [2.75, 3.05) is 30.0 Å². The number of anilines is 2. The fraction of sp³-hybridized carbons (Fsp3) is 0.304. The molecule has 0 unspecified atom stereocenters. The molecule has 2 aliphatic heterocycles. The van der Waals surface area contributed by atoms with Crippen molar-refractivity contribution >= 4 is 35.1 Å². The zero-order valence-electron chi connectivity index (χ0n) is 17.9. The number of likely N-dealkylation sites (tertiary alicyclic amines) is 1. The number of amidine groups is 1. The number of carbonyl (C=O) groups excluding carboxylic acids is 3. The third kappa shape index (κ3) is 5.05. The van der Waals surface area contributed by atoms with E-state index in [0.717, 1.165) is 37.1 Å². The van der Waals surface area contributed by atoms with E-state index in [1.165, 1.54) is 5.01 Å². The molecule has 4 amide bonds. The highest BCUT2D eigenvalue weighted by Gasteiger charge is 2.25. The normalized spacial score (nSPS) is 15.8. The average molecular weight is 435 g/mol. The summed E-state index contributed by atoms with van der Waals surface area (Å²) in [5, 5.41) is 7.04. The van der Waals surface area contributed by atoms with Crippen LogP contribution < -0.4 is 21.1 Å². The van der Waals surface area contributed by atoms with E-state index in [1.54, 1.807) is 4.90 Å². The molecule has 0 saturated carbocycles. The summed E-state index contributed by atoms with van der Waals surface area (Å²) in [5.74, 6) is -0.586. The number of rotatable bonds is 5. The molecule has 0 bridgehead atoms. The molecule has 0 radical (unpaired) electrons. The molecule has 2 heterocycles. The number of hydrogen-bond donors (Lipinski definition) is 3. The summed E-state index contributed by atoms with van der Waals surface area (Å²) in [6.45, 7) is 3.66. The summed E-state index contributed by atoms with van der Waals surface area (Å²) in [4.78, 5) is 43.0. The first kappa shape index (κ1) is 21.4. The number of hydrazine groups is 1. The standard InChI is InChI=1S/C23H26N6O3/c1-16-7-9-19(10-8-16)29-20(30)15-24-21(27-29)22(31)25-14-17-5-4-6-18(13-17)26-23(32)28-11-2-3-12-28/h4-10,13H,2-3,11-12,14-15H2,1H3,(H,24,27)(H,25,31)(H,26,32). The highest BCUT2D eigenvalue weighted by Crippen LogP contribution is 2.16. The van der Waals surface area contributed by atoms with Gasteiger partial charge in [0.15, 0.2) is 0 Å². The second-order valence-electron chi connectivity index (χ2n) is 7.85. The average Bonchev–Trinajstić information content (AvgIpc) is 3.34. The smallest absolute Gasteiger partial charge is 0.321 e. The van der Waals surface area contributed by atoms with Gasteiger partial charge < -0.3 is 15.5 Å². The topological polar surface area (TPSA) is 106 Å². The van der Waals surface area contributed by atoms with E-state index in [4.69, 9.17) is 0 Å². The number of aryl methyl sites for hydroxylation is 1. The summed E-state index contributed by atoms with van der Waals surface area (Å²) in [6.07, 6.45) is 2.06. The van der Waals surface area contributed by atoms with Crippen molar-refractivity contribution in [3.05, 3.63) is 59.7 Å². The molecule has 0 aromatic heterocycles. The fourth-order valence-electron chi connectivity index (χ4n) is 3.59. The Hall–Kier alpha value is -3.88. The second kappa shape index (κ2) is 9.51. The van der Waals surface area contributed by atoms with Crippen LogP contribution in [-0.4, -0.2) is 48.2 Å². The van der Waals surface area contributed by atoms with Crippen LogP contribution in [0.3, 0.4) is 0 Å². The van der Waals surface area contributed by atoms with Crippen LogP contribution in [0.15, 0.2) is 53.5 Å². The second-order valence-corrected chi connectivity index (χ2v) is 7.85. The Morgan fingerprint density at radius 2 is 1.84 bits per heavy atom. The maximum absolute atomic E-state index is 12.6. The van der Waals surface area contributed by atoms with Crippen molar-refractivity contribution in [2.24, 2.45) is 4.99 Å². The van der Waals surface area contributed by atoms with E-state index in [1.807, 2.05) is 55.5 Å². The molecule has 166 valence electrons. The third-order valence-corrected chi connectivity index (χ3v) is 5.37. The summed E-state index contributed by atoms with van der Waals surface area (Å²) in [5.41, 5.74) is 6.03. The molecule has 4 rings (SSSR count). The lowest BCUT2D eigenvalue weighted by Gasteiger charge is -2.27. The largest absolute Gasteiger partial charge is 0.345 e. The maximum atomic E-state index is 12.6. The van der Waals surface area contributed by atoms with Crippen LogP contribution in [0.2, 0.25) is 0 Å². The van der Waals surface area contributed by atoms with Gasteiger partial charge in [0.1, 0.15) is 6.54 Å². The molecule has 3 N–H and O–H groups in total. The quantitative estimate of drug-likeness (QED) is 0.671. The summed E-state index contributed by atoms with van der Waals surface area (Å²) < 4.78 is 0.